The van der Waals surface area contributed by atoms with Crippen molar-refractivity contribution in [1.29, 1.82) is 5.26 Å². The van der Waals surface area contributed by atoms with Crippen molar-refractivity contribution >= 4 is 7.60 Å². The predicted molar refractivity (Wildman–Crippen MR) is 15.4 cm³/mol. The second kappa shape index (κ2) is 3.62. The molecule has 0 amide bonds. The number of nitrogens with zero attached hydrogens (tertiary/aromatic N) is 1. The van der Waals surface area contributed by atoms with Gasteiger partial charge in [-0.15, -0.1) is 0 Å². The van der Waals surface area contributed by atoms with Gasteiger partial charge in [0.15, 0.2) is 0 Å². The van der Waals surface area contributed by atoms with Gasteiger partial charge in [0, 0.05) is 0 Å². The zero-order valence-electron chi connectivity index (χ0n) is 3.66. The summed E-state index contributed by atoms with van der Waals surface area (Å²) >= 11 is 0. The first-order chi connectivity index (χ1) is 2.56. The van der Waals surface area contributed by atoms with E-state index in [0.717, 1.165) is 0 Å². The molecule has 0 bridgehead atoms. The van der Waals surface area contributed by atoms with Crippen LogP contribution in [0.2, 0.25) is 0 Å². The van der Waals surface area contributed by atoms with E-state index in [4.69, 9.17) is 10.2 Å². The second-order valence-electron chi connectivity index (χ2n) is 0.620. The number of hydrogen-bond acceptors (Lipinski definition) is 3. The zero-order chi connectivity index (χ0) is 5.21. The summed E-state index contributed by atoms with van der Waals surface area (Å²) in [5, 5.41) is 7.33. The van der Waals surface area contributed by atoms with E-state index in [1.165, 1.54) is 0 Å². The summed E-state index contributed by atoms with van der Waals surface area (Å²) in [4.78, 5) is 16.7. The summed E-state index contributed by atoms with van der Waals surface area (Å²) < 4.78 is 9.22. The van der Waals surface area contributed by atoms with Gasteiger partial charge in [-0.1, -0.05) is 0 Å². The van der Waals surface area contributed by atoms with E-state index in [9.17, 15) is 9.46 Å². The molecule has 0 heterocycles. The molecule has 1 N–H and O–H groups in total. The Morgan fingerprint density at radius 3 is 2.00 bits per heavy atom. The Hall–Kier alpha value is 0.640. The van der Waals surface area contributed by atoms with Gasteiger partial charge < -0.3 is 9.79 Å². The average molecular weight is 129 g/mol. The van der Waals surface area contributed by atoms with Crippen LogP contribution in [0.1, 0.15) is 0 Å². The normalized spacial score (nSPS) is 15.6. The Morgan fingerprint density at radius 2 is 2.00 bits per heavy atom. The molecule has 4 nitrogen and oxygen atoms in total. The fourth-order valence-corrected chi connectivity index (χ4v) is 0. The largest absolute Gasteiger partial charge is 1.00 e. The molecule has 0 spiro atoms. The Labute approximate surface area is 62.6 Å². The van der Waals surface area contributed by atoms with Crippen molar-refractivity contribution in [2.75, 3.05) is 0 Å². The van der Waals surface area contributed by atoms with Crippen molar-refractivity contribution in [2.24, 2.45) is 0 Å². The number of hydrogen-bond donors (Lipinski definition) is 1. The van der Waals surface area contributed by atoms with Crippen LogP contribution >= 0.6 is 7.60 Å². The minimum Gasteiger partial charge on any atom is -0.767 e. The molecule has 0 fully saturated rings. The molecule has 6 heteroatoms. The molecule has 0 aromatic carbocycles. The van der Waals surface area contributed by atoms with E-state index in [2.05, 4.69) is 0 Å². The van der Waals surface area contributed by atoms with E-state index in [1.54, 1.807) is 0 Å². The fraction of sp³-hybridized carbons (Fsp3) is 0. The third-order valence-electron chi connectivity index (χ3n) is 0.126. The molecular weight excluding hydrogens is 128 g/mol. The maximum absolute atomic E-state index is 9.22. The van der Waals surface area contributed by atoms with Crippen LogP contribution in [0, 0.1) is 11.1 Å². The quantitative estimate of drug-likeness (QED) is 0.267. The van der Waals surface area contributed by atoms with Crippen molar-refractivity contribution < 1.29 is 43.9 Å². The van der Waals surface area contributed by atoms with Crippen LogP contribution < -0.4 is 34.5 Å². The molecule has 7 heavy (non-hydrogen) atoms. The summed E-state index contributed by atoms with van der Waals surface area (Å²) in [6, 6.07) is 0. The van der Waals surface area contributed by atoms with Crippen molar-refractivity contribution in [3.05, 3.63) is 0 Å². The standard InChI is InChI=1S/CH2NO3P.Na/c2-1-6(3,4)5;/h(H2,3,4,5);/q;+1/p-1. The summed E-state index contributed by atoms with van der Waals surface area (Å²) in [6.45, 7) is 0. The van der Waals surface area contributed by atoms with Crippen LogP contribution in [-0.4, -0.2) is 4.89 Å². The van der Waals surface area contributed by atoms with Gasteiger partial charge in [-0.05, 0) is 0 Å². The topological polar surface area (TPSA) is 84.2 Å². The maximum Gasteiger partial charge on any atom is 1.00 e. The Morgan fingerprint density at radius 1 is 1.86 bits per heavy atom. The van der Waals surface area contributed by atoms with E-state index < -0.39 is 7.60 Å². The molecule has 0 saturated carbocycles. The van der Waals surface area contributed by atoms with Gasteiger partial charge in [0.25, 0.3) is 0 Å². The maximum atomic E-state index is 9.22. The first-order valence-corrected chi connectivity index (χ1v) is 2.59. The Kier molecular flexibility index (Phi) is 5.47. The number of nitriles is 1. The van der Waals surface area contributed by atoms with Gasteiger partial charge in [0.2, 0.25) is 7.60 Å². The zero-order valence-corrected chi connectivity index (χ0v) is 6.55. The fourth-order valence-electron chi connectivity index (χ4n) is 0. The van der Waals surface area contributed by atoms with Crippen LogP contribution in [0.15, 0.2) is 0 Å². The third-order valence-corrected chi connectivity index (χ3v) is 0.379. The Balaban J connectivity index is 0. The molecule has 0 aliphatic rings. The first-order valence-electron chi connectivity index (χ1n) is 1.01. The van der Waals surface area contributed by atoms with Crippen LogP contribution in [0.3, 0.4) is 0 Å². The smallest absolute Gasteiger partial charge is 0.767 e. The first kappa shape index (κ1) is 10.6. The van der Waals surface area contributed by atoms with E-state index in [1.807, 2.05) is 0 Å². The Bertz CT molecular complexity index is 121. The molecule has 0 aromatic rings. The van der Waals surface area contributed by atoms with E-state index in [0.29, 0.717) is 5.81 Å². The van der Waals surface area contributed by atoms with Crippen molar-refractivity contribution in [1.82, 2.24) is 0 Å². The van der Waals surface area contributed by atoms with E-state index >= 15 is 0 Å². The van der Waals surface area contributed by atoms with E-state index in [-0.39, 0.29) is 29.6 Å². The van der Waals surface area contributed by atoms with Crippen LogP contribution in [0.4, 0.5) is 0 Å². The number of rotatable bonds is 0. The van der Waals surface area contributed by atoms with Crippen molar-refractivity contribution in [3.63, 3.8) is 0 Å². The molecular formula is CHNNaO3P. The van der Waals surface area contributed by atoms with Gasteiger partial charge in [-0.3, -0.25) is 4.57 Å². The van der Waals surface area contributed by atoms with Gasteiger partial charge in [-0.2, -0.15) is 5.26 Å². The molecule has 0 rings (SSSR count). The predicted octanol–water partition coefficient (Wildman–Crippen LogP) is -3.98. The molecule has 0 saturated heterocycles. The average Bonchev–Trinajstić information content (AvgIpc) is 1.35. The van der Waals surface area contributed by atoms with Gasteiger partial charge >= 0.3 is 29.6 Å². The van der Waals surface area contributed by atoms with Crippen LogP contribution in [0.5, 0.6) is 0 Å². The van der Waals surface area contributed by atoms with Crippen LogP contribution in [0.25, 0.3) is 0 Å². The molecule has 34 valence electrons. The molecule has 1 atom stereocenters. The monoisotopic (exact) mass is 129 g/mol. The third kappa shape index (κ3) is 10.8. The van der Waals surface area contributed by atoms with Crippen molar-refractivity contribution in [2.45, 2.75) is 0 Å². The van der Waals surface area contributed by atoms with Crippen LogP contribution in [-0.2, 0) is 4.57 Å². The minimum absolute atomic E-state index is 0. The second-order valence-corrected chi connectivity index (χ2v) is 1.86. The summed E-state index contributed by atoms with van der Waals surface area (Å²) in [5.74, 6) is 0.660. The summed E-state index contributed by atoms with van der Waals surface area (Å²) in [6.07, 6.45) is 0. The van der Waals surface area contributed by atoms with Crippen molar-refractivity contribution in [3.8, 4) is 5.81 Å². The van der Waals surface area contributed by atoms with Gasteiger partial charge in [0.05, 0.1) is 0 Å². The van der Waals surface area contributed by atoms with Gasteiger partial charge in [-0.25, -0.2) is 0 Å². The molecule has 0 aliphatic heterocycles. The molecule has 0 radical (unpaired) electrons. The SMILES string of the molecule is N#CP(=O)([O-])O.[Na+]. The van der Waals surface area contributed by atoms with Gasteiger partial charge in [0.1, 0.15) is 5.81 Å². The molecule has 0 aromatic heterocycles. The minimum atomic E-state index is -4.59. The molecule has 0 aliphatic carbocycles. The summed E-state index contributed by atoms with van der Waals surface area (Å²) in [5.41, 5.74) is 0. The molecule has 1 unspecified atom stereocenters. The summed E-state index contributed by atoms with van der Waals surface area (Å²) in [7, 11) is -4.59.